The first-order valence-corrected chi connectivity index (χ1v) is 6.82. The topological polar surface area (TPSA) is 47.7 Å². The van der Waals surface area contributed by atoms with E-state index in [1.807, 2.05) is 6.07 Å². The Hall–Kier alpha value is -1.26. The van der Waals surface area contributed by atoms with Gasteiger partial charge in [0.2, 0.25) is 0 Å². The zero-order chi connectivity index (χ0) is 13.8. The molecule has 1 aromatic rings. The summed E-state index contributed by atoms with van der Waals surface area (Å²) in [6.45, 7) is 5.19. The molecule has 2 atom stereocenters. The van der Waals surface area contributed by atoms with E-state index in [1.165, 1.54) is 12.0 Å². The van der Waals surface area contributed by atoms with Gasteiger partial charge in [-0.25, -0.2) is 0 Å². The molecule has 106 valence electrons. The summed E-state index contributed by atoms with van der Waals surface area (Å²) < 4.78 is 10.6. The second-order valence-electron chi connectivity index (χ2n) is 5.39. The smallest absolute Gasteiger partial charge is 0.122 e. The van der Waals surface area contributed by atoms with Crippen LogP contribution in [-0.4, -0.2) is 38.3 Å². The lowest BCUT2D eigenvalue weighted by molar-refractivity contribution is 0.162. The van der Waals surface area contributed by atoms with Crippen molar-refractivity contribution in [2.75, 3.05) is 27.3 Å². The van der Waals surface area contributed by atoms with E-state index < -0.39 is 0 Å². The lowest BCUT2D eigenvalue weighted by Crippen LogP contribution is -2.47. The predicted octanol–water partition coefficient (Wildman–Crippen LogP) is 1.87. The van der Waals surface area contributed by atoms with Crippen molar-refractivity contribution in [3.8, 4) is 11.5 Å². The van der Waals surface area contributed by atoms with Crippen molar-refractivity contribution in [1.82, 2.24) is 4.90 Å². The van der Waals surface area contributed by atoms with Crippen molar-refractivity contribution in [3.63, 3.8) is 0 Å². The Morgan fingerprint density at radius 1 is 1.21 bits per heavy atom. The first-order chi connectivity index (χ1) is 9.12. The molecular formula is C15H24N2O2. The fraction of sp³-hybridized carbons (Fsp3) is 0.600. The number of ether oxygens (including phenoxy) is 2. The number of likely N-dealkylation sites (tertiary alicyclic amines) is 1. The number of rotatable bonds is 4. The van der Waals surface area contributed by atoms with Gasteiger partial charge in [-0.3, -0.25) is 4.90 Å². The van der Waals surface area contributed by atoms with E-state index in [2.05, 4.69) is 24.0 Å². The Morgan fingerprint density at radius 3 is 2.37 bits per heavy atom. The monoisotopic (exact) mass is 264 g/mol. The predicted molar refractivity (Wildman–Crippen MR) is 76.6 cm³/mol. The molecule has 1 heterocycles. The molecule has 4 heteroatoms. The summed E-state index contributed by atoms with van der Waals surface area (Å²) in [4.78, 5) is 2.40. The van der Waals surface area contributed by atoms with E-state index in [-0.39, 0.29) is 6.04 Å². The molecule has 0 saturated carbocycles. The van der Waals surface area contributed by atoms with E-state index in [0.29, 0.717) is 5.92 Å². The van der Waals surface area contributed by atoms with Gasteiger partial charge in [-0.2, -0.15) is 0 Å². The van der Waals surface area contributed by atoms with Crippen LogP contribution in [0.1, 0.15) is 18.9 Å². The molecular weight excluding hydrogens is 240 g/mol. The minimum atomic E-state index is 0.279. The molecule has 0 aromatic heterocycles. The Balaban J connectivity index is 2.06. The maximum Gasteiger partial charge on any atom is 0.122 e. The third-order valence-electron chi connectivity index (χ3n) is 3.92. The number of hydrogen-bond acceptors (Lipinski definition) is 4. The lowest BCUT2D eigenvalue weighted by atomic mass is 9.94. The summed E-state index contributed by atoms with van der Waals surface area (Å²) in [6.07, 6.45) is 1.17. The van der Waals surface area contributed by atoms with Gasteiger partial charge in [-0.05, 0) is 36.6 Å². The second-order valence-corrected chi connectivity index (χ2v) is 5.39. The molecule has 0 aliphatic carbocycles. The van der Waals surface area contributed by atoms with Gasteiger partial charge in [0.1, 0.15) is 11.5 Å². The summed E-state index contributed by atoms with van der Waals surface area (Å²) >= 11 is 0. The largest absolute Gasteiger partial charge is 0.497 e. The third kappa shape index (κ3) is 3.61. The average Bonchev–Trinajstić information content (AvgIpc) is 2.42. The zero-order valence-corrected chi connectivity index (χ0v) is 12.1. The van der Waals surface area contributed by atoms with E-state index in [1.54, 1.807) is 14.2 Å². The molecule has 0 radical (unpaired) electrons. The Labute approximate surface area is 115 Å². The summed E-state index contributed by atoms with van der Waals surface area (Å²) in [5.41, 5.74) is 7.35. The lowest BCUT2D eigenvalue weighted by Gasteiger charge is -2.35. The summed E-state index contributed by atoms with van der Waals surface area (Å²) in [7, 11) is 3.36. The highest BCUT2D eigenvalue weighted by molar-refractivity contribution is 5.38. The Kier molecular flexibility index (Phi) is 4.66. The quantitative estimate of drug-likeness (QED) is 0.902. The van der Waals surface area contributed by atoms with Gasteiger partial charge in [0.25, 0.3) is 0 Å². The molecule has 2 N–H and O–H groups in total. The van der Waals surface area contributed by atoms with Crippen LogP contribution in [0, 0.1) is 5.92 Å². The molecule has 1 aliphatic rings. The van der Waals surface area contributed by atoms with Crippen molar-refractivity contribution >= 4 is 0 Å². The molecule has 1 aromatic carbocycles. The highest BCUT2D eigenvalue weighted by atomic mass is 16.5. The molecule has 0 spiro atoms. The van der Waals surface area contributed by atoms with Crippen molar-refractivity contribution < 1.29 is 9.47 Å². The van der Waals surface area contributed by atoms with Gasteiger partial charge in [-0.15, -0.1) is 0 Å². The van der Waals surface area contributed by atoms with Crippen LogP contribution in [0.2, 0.25) is 0 Å². The highest BCUT2D eigenvalue weighted by Crippen LogP contribution is 2.25. The number of nitrogens with two attached hydrogens (primary N) is 1. The molecule has 1 aliphatic heterocycles. The standard InChI is InChI=1S/C15H24N2O2/c1-11-4-5-17(10-15(11)16)9-12-6-13(18-2)8-14(7-12)19-3/h6-8,11,15H,4-5,9-10,16H2,1-3H3. The van der Waals surface area contributed by atoms with Gasteiger partial charge in [0.05, 0.1) is 14.2 Å². The molecule has 0 amide bonds. The summed E-state index contributed by atoms with van der Waals surface area (Å²) in [6, 6.07) is 6.30. The maximum atomic E-state index is 6.14. The average molecular weight is 264 g/mol. The third-order valence-corrected chi connectivity index (χ3v) is 3.92. The van der Waals surface area contributed by atoms with Crippen LogP contribution in [-0.2, 0) is 6.54 Å². The fourth-order valence-corrected chi connectivity index (χ4v) is 2.53. The van der Waals surface area contributed by atoms with Gasteiger partial charge < -0.3 is 15.2 Å². The molecule has 1 saturated heterocycles. The minimum Gasteiger partial charge on any atom is -0.497 e. The van der Waals surface area contributed by atoms with Crippen LogP contribution < -0.4 is 15.2 Å². The number of methoxy groups -OCH3 is 2. The van der Waals surface area contributed by atoms with Crippen molar-refractivity contribution in [3.05, 3.63) is 23.8 Å². The first kappa shape index (κ1) is 14.2. The minimum absolute atomic E-state index is 0.279. The van der Waals surface area contributed by atoms with E-state index >= 15 is 0 Å². The highest BCUT2D eigenvalue weighted by Gasteiger charge is 2.23. The van der Waals surface area contributed by atoms with Crippen molar-refractivity contribution in [2.24, 2.45) is 11.7 Å². The van der Waals surface area contributed by atoms with E-state index in [0.717, 1.165) is 31.1 Å². The van der Waals surface area contributed by atoms with Crippen LogP contribution >= 0.6 is 0 Å². The van der Waals surface area contributed by atoms with Gasteiger partial charge in [0.15, 0.2) is 0 Å². The van der Waals surface area contributed by atoms with Crippen LogP contribution in [0.4, 0.5) is 0 Å². The number of hydrogen-bond donors (Lipinski definition) is 1. The van der Waals surface area contributed by atoms with E-state index in [4.69, 9.17) is 15.2 Å². The number of benzene rings is 1. The Bertz CT molecular complexity index is 400. The number of piperidine rings is 1. The SMILES string of the molecule is COc1cc(CN2CCC(C)C(N)C2)cc(OC)c1. The van der Waals surface area contributed by atoms with E-state index in [9.17, 15) is 0 Å². The summed E-state index contributed by atoms with van der Waals surface area (Å²) in [5.74, 6) is 2.30. The molecule has 2 rings (SSSR count). The van der Waals surface area contributed by atoms with Crippen molar-refractivity contribution in [1.29, 1.82) is 0 Å². The summed E-state index contributed by atoms with van der Waals surface area (Å²) in [5, 5.41) is 0. The molecule has 2 unspecified atom stereocenters. The molecule has 4 nitrogen and oxygen atoms in total. The molecule has 19 heavy (non-hydrogen) atoms. The van der Waals surface area contributed by atoms with Crippen LogP contribution in [0.25, 0.3) is 0 Å². The zero-order valence-electron chi connectivity index (χ0n) is 12.1. The molecule has 1 fully saturated rings. The van der Waals surface area contributed by atoms with Gasteiger partial charge >= 0.3 is 0 Å². The van der Waals surface area contributed by atoms with Crippen LogP contribution in [0.15, 0.2) is 18.2 Å². The van der Waals surface area contributed by atoms with Crippen LogP contribution in [0.3, 0.4) is 0 Å². The van der Waals surface area contributed by atoms with Crippen molar-refractivity contribution in [2.45, 2.75) is 25.9 Å². The van der Waals surface area contributed by atoms with Gasteiger partial charge in [-0.1, -0.05) is 6.92 Å². The maximum absolute atomic E-state index is 6.14. The molecule has 0 bridgehead atoms. The van der Waals surface area contributed by atoms with Crippen LogP contribution in [0.5, 0.6) is 11.5 Å². The number of nitrogens with zero attached hydrogens (tertiary/aromatic N) is 1. The second kappa shape index (κ2) is 6.26. The normalized spacial score (nSPS) is 24.2. The van der Waals surface area contributed by atoms with Gasteiger partial charge in [0, 0.05) is 25.2 Å². The fourth-order valence-electron chi connectivity index (χ4n) is 2.53. The first-order valence-electron chi connectivity index (χ1n) is 6.82. The Morgan fingerprint density at radius 2 is 1.84 bits per heavy atom.